The minimum absolute atomic E-state index is 0.00294. The summed E-state index contributed by atoms with van der Waals surface area (Å²) in [7, 11) is 0.534. The number of hydrogen-bond donors (Lipinski definition) is 0. The Morgan fingerprint density at radius 2 is 1.64 bits per heavy atom. The third-order valence-corrected chi connectivity index (χ3v) is 11.4. The van der Waals surface area contributed by atoms with Crippen LogP contribution in [0.5, 0.6) is 11.5 Å². The summed E-state index contributed by atoms with van der Waals surface area (Å²) in [5.41, 5.74) is 4.77. The Bertz CT molecular complexity index is 1640. The van der Waals surface area contributed by atoms with E-state index >= 15 is 0 Å². The molecule has 3 aromatic rings. The molecule has 3 aromatic carbocycles. The number of methoxy groups -OCH3 is 1. The molecule has 2 aliphatic rings. The molecule has 254 valence electrons. The monoisotopic (exact) mass is 681 g/mol. The van der Waals surface area contributed by atoms with E-state index in [-0.39, 0.29) is 30.5 Å². The van der Waals surface area contributed by atoms with Crippen LogP contribution in [0.25, 0.3) is 0 Å². The van der Waals surface area contributed by atoms with Crippen LogP contribution in [-0.2, 0) is 21.2 Å². The fraction of sp³-hybridized carbons (Fsp3) is 0.486. The quantitative estimate of drug-likeness (QED) is 0.197. The third kappa shape index (κ3) is 7.90. The Hall–Kier alpha value is -3.27. The molecule has 0 radical (unpaired) electrons. The van der Waals surface area contributed by atoms with Gasteiger partial charge in [0.1, 0.15) is 0 Å². The van der Waals surface area contributed by atoms with Gasteiger partial charge in [0.2, 0.25) is 15.9 Å². The Morgan fingerprint density at radius 1 is 0.979 bits per heavy atom. The fourth-order valence-electron chi connectivity index (χ4n) is 7.11. The molecule has 1 aliphatic heterocycles. The van der Waals surface area contributed by atoms with Gasteiger partial charge in [-0.25, -0.2) is 8.42 Å². The molecule has 1 fully saturated rings. The zero-order valence-electron chi connectivity index (χ0n) is 28.4. The lowest BCUT2D eigenvalue weighted by atomic mass is 9.85. The molecule has 47 heavy (non-hydrogen) atoms. The first-order chi connectivity index (χ1) is 22.4. The second-order valence-corrected chi connectivity index (χ2v) is 15.3. The SMILES string of the molecule is CC[C@@H](C)Oc1cc2c(cc1OC)CC(=O)N(c1ccc(N(C)CC3CCC(N(CC)S(C)(=O)=O)CC3)cc1)C2c1ccc(Cl)cc1. The second-order valence-electron chi connectivity index (χ2n) is 13.0. The van der Waals surface area contributed by atoms with Crippen molar-refractivity contribution in [2.45, 2.75) is 77.5 Å². The zero-order valence-corrected chi connectivity index (χ0v) is 30.0. The highest BCUT2D eigenvalue weighted by Gasteiger charge is 2.36. The minimum atomic E-state index is -3.19. The minimum Gasteiger partial charge on any atom is -0.493 e. The van der Waals surface area contributed by atoms with Gasteiger partial charge in [-0.15, -0.1) is 0 Å². The Morgan fingerprint density at radius 3 is 2.21 bits per heavy atom. The molecule has 0 aromatic heterocycles. The summed E-state index contributed by atoms with van der Waals surface area (Å²) in [6.45, 7) is 7.44. The normalized spacial score (nSPS) is 20.6. The first-order valence-electron chi connectivity index (χ1n) is 16.7. The highest BCUT2D eigenvalue weighted by molar-refractivity contribution is 7.88. The van der Waals surface area contributed by atoms with Gasteiger partial charge in [-0.2, -0.15) is 4.31 Å². The molecular weight excluding hydrogens is 634 g/mol. The number of rotatable bonds is 12. The summed E-state index contributed by atoms with van der Waals surface area (Å²) in [5.74, 6) is 1.79. The van der Waals surface area contributed by atoms with Crippen LogP contribution in [0, 0.1) is 5.92 Å². The van der Waals surface area contributed by atoms with E-state index in [0.29, 0.717) is 29.0 Å². The van der Waals surface area contributed by atoms with Crippen LogP contribution in [0.1, 0.15) is 75.6 Å². The molecule has 0 N–H and O–H groups in total. The second kappa shape index (κ2) is 14.9. The first-order valence-corrected chi connectivity index (χ1v) is 18.9. The van der Waals surface area contributed by atoms with E-state index in [0.717, 1.165) is 66.7 Å². The average Bonchev–Trinajstić information content (AvgIpc) is 3.05. The predicted octanol–water partition coefficient (Wildman–Crippen LogP) is 7.48. The third-order valence-electron chi connectivity index (χ3n) is 9.74. The van der Waals surface area contributed by atoms with Crippen molar-refractivity contribution in [1.29, 1.82) is 0 Å². The molecule has 0 bridgehead atoms. The molecule has 1 amide bonds. The van der Waals surface area contributed by atoms with Gasteiger partial charge in [-0.05, 0) is 110 Å². The van der Waals surface area contributed by atoms with E-state index in [1.54, 1.807) is 11.4 Å². The van der Waals surface area contributed by atoms with Crippen LogP contribution in [-0.4, -0.2) is 64.3 Å². The number of halogens is 1. The Balaban J connectivity index is 1.39. The number of carbonyl (C=O) groups is 1. The molecule has 1 unspecified atom stereocenters. The van der Waals surface area contributed by atoms with Crippen molar-refractivity contribution in [3.63, 3.8) is 0 Å². The van der Waals surface area contributed by atoms with Crippen molar-refractivity contribution in [3.05, 3.63) is 82.4 Å². The molecule has 2 atom stereocenters. The standard InChI is InChI=1S/C37H48ClN3O5S/c1-7-25(3)46-35-23-33-28(21-34(35)45-5)22-36(42)41(37(33)27-11-13-29(38)14-12-27)32-19-17-30(18-20-32)39(4)24-26-9-15-31(16-10-26)40(8-2)47(6,43)44/h11-14,17-21,23,25-26,31,37H,7-10,15-16,22,24H2,1-6H3/t25-,26?,31?,37?/m1/s1. The van der Waals surface area contributed by atoms with Crippen molar-refractivity contribution in [3.8, 4) is 11.5 Å². The molecule has 0 spiro atoms. The summed E-state index contributed by atoms with van der Waals surface area (Å²) in [4.78, 5) is 18.1. The van der Waals surface area contributed by atoms with Gasteiger partial charge < -0.3 is 19.3 Å². The summed E-state index contributed by atoms with van der Waals surface area (Å²) in [5, 5.41) is 0.636. The highest BCUT2D eigenvalue weighted by atomic mass is 35.5. The number of fused-ring (bicyclic) bond motifs is 1. The first kappa shape index (κ1) is 35.0. The van der Waals surface area contributed by atoms with Crippen molar-refractivity contribution < 1.29 is 22.7 Å². The number of anilines is 2. The van der Waals surface area contributed by atoms with Crippen molar-refractivity contribution >= 4 is 38.9 Å². The van der Waals surface area contributed by atoms with E-state index in [9.17, 15) is 13.2 Å². The smallest absolute Gasteiger partial charge is 0.232 e. The van der Waals surface area contributed by atoms with Crippen LogP contribution in [0.15, 0.2) is 60.7 Å². The van der Waals surface area contributed by atoms with E-state index in [1.165, 1.54) is 6.26 Å². The molecule has 1 heterocycles. The topological polar surface area (TPSA) is 79.4 Å². The molecule has 0 saturated heterocycles. The lowest BCUT2D eigenvalue weighted by Gasteiger charge is -2.38. The Labute approximate surface area is 285 Å². The summed E-state index contributed by atoms with van der Waals surface area (Å²) >= 11 is 6.29. The molecule has 1 saturated carbocycles. The van der Waals surface area contributed by atoms with Gasteiger partial charge in [-0.3, -0.25) is 4.79 Å². The van der Waals surface area contributed by atoms with Gasteiger partial charge in [-0.1, -0.05) is 37.6 Å². The number of nitrogens with zero attached hydrogens (tertiary/aromatic N) is 3. The average molecular weight is 682 g/mol. The van der Waals surface area contributed by atoms with Gasteiger partial charge in [0, 0.05) is 42.6 Å². The fourth-order valence-corrected chi connectivity index (χ4v) is 8.46. The lowest BCUT2D eigenvalue weighted by molar-refractivity contribution is -0.118. The maximum atomic E-state index is 13.9. The van der Waals surface area contributed by atoms with Gasteiger partial charge in [0.15, 0.2) is 11.5 Å². The lowest BCUT2D eigenvalue weighted by Crippen LogP contribution is -2.42. The highest BCUT2D eigenvalue weighted by Crippen LogP contribution is 2.44. The van der Waals surface area contributed by atoms with Crippen LogP contribution < -0.4 is 19.3 Å². The molecule has 8 nitrogen and oxygen atoms in total. The van der Waals surface area contributed by atoms with Gasteiger partial charge in [0.05, 0.1) is 31.9 Å². The zero-order chi connectivity index (χ0) is 33.9. The summed E-state index contributed by atoms with van der Waals surface area (Å²) in [6, 6.07) is 19.6. The number of ether oxygens (including phenoxy) is 2. The van der Waals surface area contributed by atoms with Crippen molar-refractivity contribution in [2.75, 3.05) is 43.3 Å². The molecule has 5 rings (SSSR count). The summed E-state index contributed by atoms with van der Waals surface area (Å²) in [6.07, 6.45) is 6.19. The predicted molar refractivity (Wildman–Crippen MR) is 191 cm³/mol. The van der Waals surface area contributed by atoms with Crippen molar-refractivity contribution in [2.24, 2.45) is 5.92 Å². The Kier molecular flexibility index (Phi) is 11.1. The van der Waals surface area contributed by atoms with E-state index in [2.05, 4.69) is 31.0 Å². The van der Waals surface area contributed by atoms with Crippen LogP contribution in [0.3, 0.4) is 0 Å². The number of benzene rings is 3. The molecular formula is C37H48ClN3O5S. The maximum absolute atomic E-state index is 13.9. The van der Waals surface area contributed by atoms with Gasteiger partial charge >= 0.3 is 0 Å². The molecule has 10 heteroatoms. The van der Waals surface area contributed by atoms with Crippen LogP contribution >= 0.6 is 11.6 Å². The van der Waals surface area contributed by atoms with Gasteiger partial charge in [0.25, 0.3) is 0 Å². The number of sulfonamides is 1. The van der Waals surface area contributed by atoms with Crippen LogP contribution in [0.2, 0.25) is 5.02 Å². The van der Waals surface area contributed by atoms with Crippen LogP contribution in [0.4, 0.5) is 11.4 Å². The molecule has 1 aliphatic carbocycles. The summed E-state index contributed by atoms with van der Waals surface area (Å²) < 4.78 is 38.0. The number of amides is 1. The largest absolute Gasteiger partial charge is 0.493 e. The number of carbonyl (C=O) groups excluding carboxylic acids is 1. The van der Waals surface area contributed by atoms with E-state index < -0.39 is 10.0 Å². The maximum Gasteiger partial charge on any atom is 0.232 e. The van der Waals surface area contributed by atoms with Crippen molar-refractivity contribution in [1.82, 2.24) is 4.31 Å². The van der Waals surface area contributed by atoms with E-state index in [4.69, 9.17) is 21.1 Å². The van der Waals surface area contributed by atoms with E-state index in [1.807, 2.05) is 67.3 Å². The number of hydrogen-bond acceptors (Lipinski definition) is 6.